The Balaban J connectivity index is 1.98. The number of allylic oxidation sites excluding steroid dienone is 7. The molecule has 2 rings (SSSR count). The van der Waals surface area contributed by atoms with Crippen molar-refractivity contribution in [3.05, 3.63) is 77.6 Å². The zero-order chi connectivity index (χ0) is 20.4. The van der Waals surface area contributed by atoms with Crippen molar-refractivity contribution in [2.45, 2.75) is 71.6 Å². The number of hydrogen-bond donors (Lipinski definition) is 0. The molecular weight excluding hydrogens is 344 g/mol. The van der Waals surface area contributed by atoms with E-state index in [0.717, 1.165) is 23.5 Å². The quantitative estimate of drug-likeness (QED) is 0.190. The lowest BCUT2D eigenvalue weighted by atomic mass is 9.66. The highest BCUT2D eigenvalue weighted by Gasteiger charge is 2.33. The van der Waals surface area contributed by atoms with Crippen LogP contribution in [0.4, 0.5) is 0 Å². The fourth-order valence-corrected chi connectivity index (χ4v) is 3.89. The van der Waals surface area contributed by atoms with Crippen LogP contribution in [-0.2, 0) is 10.2 Å². The SMILES string of the molecule is C=C/C(C)=C\C=C(/C)OCOc1ccc(C2(C/C(C)=C/C)CCCCC2)cc1. The van der Waals surface area contributed by atoms with E-state index >= 15 is 0 Å². The van der Waals surface area contributed by atoms with Gasteiger partial charge in [0.2, 0.25) is 6.79 Å². The third-order valence-electron chi connectivity index (χ3n) is 5.80. The summed E-state index contributed by atoms with van der Waals surface area (Å²) in [6, 6.07) is 8.67. The van der Waals surface area contributed by atoms with Gasteiger partial charge in [0.1, 0.15) is 5.75 Å². The highest BCUT2D eigenvalue weighted by molar-refractivity contribution is 5.34. The molecule has 0 unspecified atom stereocenters. The van der Waals surface area contributed by atoms with Gasteiger partial charge in [-0.05, 0) is 76.1 Å². The molecule has 1 fully saturated rings. The highest BCUT2D eigenvalue weighted by Crippen LogP contribution is 2.44. The van der Waals surface area contributed by atoms with E-state index < -0.39 is 0 Å². The summed E-state index contributed by atoms with van der Waals surface area (Å²) in [4.78, 5) is 0. The topological polar surface area (TPSA) is 18.5 Å². The molecule has 1 saturated carbocycles. The molecule has 1 aromatic carbocycles. The molecule has 1 aromatic rings. The minimum Gasteiger partial charge on any atom is -0.462 e. The van der Waals surface area contributed by atoms with Crippen molar-refractivity contribution >= 4 is 0 Å². The average molecular weight is 381 g/mol. The van der Waals surface area contributed by atoms with Crippen molar-refractivity contribution in [1.29, 1.82) is 0 Å². The zero-order valence-electron chi connectivity index (χ0n) is 18.1. The van der Waals surface area contributed by atoms with Crippen LogP contribution >= 0.6 is 0 Å². The normalized spacial score (nSPS) is 17.9. The Kier molecular flexibility index (Phi) is 8.63. The fraction of sp³-hybridized carbons (Fsp3) is 0.462. The van der Waals surface area contributed by atoms with Crippen LogP contribution in [0.15, 0.2) is 72.1 Å². The molecule has 0 amide bonds. The Morgan fingerprint density at radius 2 is 1.71 bits per heavy atom. The van der Waals surface area contributed by atoms with Crippen molar-refractivity contribution < 1.29 is 9.47 Å². The summed E-state index contributed by atoms with van der Waals surface area (Å²) in [6.07, 6.45) is 15.7. The number of ether oxygens (including phenoxy) is 2. The number of hydrogen-bond acceptors (Lipinski definition) is 2. The van der Waals surface area contributed by atoms with Gasteiger partial charge in [0.15, 0.2) is 0 Å². The molecule has 0 radical (unpaired) electrons. The summed E-state index contributed by atoms with van der Waals surface area (Å²) in [5.41, 5.74) is 4.32. The highest BCUT2D eigenvalue weighted by atomic mass is 16.7. The van der Waals surface area contributed by atoms with Crippen LogP contribution in [0.25, 0.3) is 0 Å². The second-order valence-electron chi connectivity index (χ2n) is 7.98. The van der Waals surface area contributed by atoms with Crippen LogP contribution in [0, 0.1) is 0 Å². The Bertz CT molecular complexity index is 713. The summed E-state index contributed by atoms with van der Waals surface area (Å²) in [6.45, 7) is 12.3. The maximum absolute atomic E-state index is 5.77. The predicted octanol–water partition coefficient (Wildman–Crippen LogP) is 7.63. The minimum atomic E-state index is 0.214. The van der Waals surface area contributed by atoms with E-state index in [2.05, 4.69) is 50.8 Å². The molecule has 0 spiro atoms. The summed E-state index contributed by atoms with van der Waals surface area (Å²) < 4.78 is 11.4. The second-order valence-corrected chi connectivity index (χ2v) is 7.98. The van der Waals surface area contributed by atoms with E-state index in [4.69, 9.17) is 9.47 Å². The standard InChI is InChI=1S/C26H36O2/c1-6-21(3)11-12-23(5)27-20-28-25-15-13-24(14-16-25)26(19-22(4)7-2)17-9-8-10-18-26/h6-7,11-16H,1,8-10,17-20H2,2-5H3/b21-11-,22-7+,23-12+. The monoisotopic (exact) mass is 380 g/mol. The zero-order valence-corrected chi connectivity index (χ0v) is 18.1. The van der Waals surface area contributed by atoms with Gasteiger partial charge >= 0.3 is 0 Å². The minimum absolute atomic E-state index is 0.214. The third kappa shape index (κ3) is 6.44. The van der Waals surface area contributed by atoms with Crippen LogP contribution in [0.3, 0.4) is 0 Å². The third-order valence-corrected chi connectivity index (χ3v) is 5.80. The van der Waals surface area contributed by atoms with E-state index in [9.17, 15) is 0 Å². The molecule has 28 heavy (non-hydrogen) atoms. The van der Waals surface area contributed by atoms with Gasteiger partial charge in [-0.15, -0.1) is 0 Å². The van der Waals surface area contributed by atoms with Crippen LogP contribution in [-0.4, -0.2) is 6.79 Å². The molecule has 0 atom stereocenters. The van der Waals surface area contributed by atoms with E-state index in [1.165, 1.54) is 43.2 Å². The van der Waals surface area contributed by atoms with E-state index in [-0.39, 0.29) is 6.79 Å². The molecule has 2 nitrogen and oxygen atoms in total. The van der Waals surface area contributed by atoms with Gasteiger partial charge in [-0.2, -0.15) is 0 Å². The first-order valence-corrected chi connectivity index (χ1v) is 10.4. The summed E-state index contributed by atoms with van der Waals surface area (Å²) in [5, 5.41) is 0. The van der Waals surface area contributed by atoms with Crippen molar-refractivity contribution in [2.24, 2.45) is 0 Å². The van der Waals surface area contributed by atoms with E-state index in [1.54, 1.807) is 0 Å². The molecule has 152 valence electrons. The molecule has 0 saturated heterocycles. The van der Waals surface area contributed by atoms with Gasteiger partial charge in [-0.3, -0.25) is 0 Å². The average Bonchev–Trinajstić information content (AvgIpc) is 2.73. The molecule has 1 aliphatic carbocycles. The van der Waals surface area contributed by atoms with Crippen molar-refractivity contribution in [2.75, 3.05) is 6.79 Å². The van der Waals surface area contributed by atoms with Crippen LogP contribution < -0.4 is 4.74 Å². The van der Waals surface area contributed by atoms with Gasteiger partial charge < -0.3 is 9.47 Å². The Morgan fingerprint density at radius 3 is 2.32 bits per heavy atom. The Hall–Kier alpha value is -2.22. The van der Waals surface area contributed by atoms with E-state index in [0.29, 0.717) is 5.41 Å². The van der Waals surface area contributed by atoms with Crippen molar-refractivity contribution in [3.8, 4) is 5.75 Å². The second kappa shape index (κ2) is 10.9. The lowest BCUT2D eigenvalue weighted by molar-refractivity contribution is 0.0619. The maximum Gasteiger partial charge on any atom is 0.230 e. The molecular formula is C26H36O2. The maximum atomic E-state index is 5.77. The number of benzene rings is 1. The fourth-order valence-electron chi connectivity index (χ4n) is 3.89. The summed E-state index contributed by atoms with van der Waals surface area (Å²) in [5.74, 6) is 1.67. The summed E-state index contributed by atoms with van der Waals surface area (Å²) >= 11 is 0. The molecule has 2 heteroatoms. The van der Waals surface area contributed by atoms with Gasteiger partial charge in [0.25, 0.3) is 0 Å². The van der Waals surface area contributed by atoms with Crippen LogP contribution in [0.2, 0.25) is 0 Å². The lowest BCUT2D eigenvalue weighted by Crippen LogP contribution is -2.29. The van der Waals surface area contributed by atoms with E-state index in [1.807, 2.05) is 32.1 Å². The van der Waals surface area contributed by atoms with Crippen molar-refractivity contribution in [3.63, 3.8) is 0 Å². The van der Waals surface area contributed by atoms with Gasteiger partial charge in [0.05, 0.1) is 5.76 Å². The first-order valence-electron chi connectivity index (χ1n) is 10.4. The smallest absolute Gasteiger partial charge is 0.230 e. The first-order chi connectivity index (χ1) is 13.5. The first kappa shape index (κ1) is 22.1. The van der Waals surface area contributed by atoms with Crippen LogP contribution in [0.1, 0.15) is 71.8 Å². The van der Waals surface area contributed by atoms with Gasteiger partial charge in [-0.1, -0.05) is 67.3 Å². The number of rotatable bonds is 9. The molecule has 0 N–H and O–H groups in total. The molecule has 0 bridgehead atoms. The summed E-state index contributed by atoms with van der Waals surface area (Å²) in [7, 11) is 0. The molecule has 0 heterocycles. The Morgan fingerprint density at radius 1 is 1.04 bits per heavy atom. The molecule has 1 aliphatic rings. The lowest BCUT2D eigenvalue weighted by Gasteiger charge is -2.38. The largest absolute Gasteiger partial charge is 0.462 e. The van der Waals surface area contributed by atoms with Crippen LogP contribution in [0.5, 0.6) is 5.75 Å². The predicted molar refractivity (Wildman–Crippen MR) is 120 cm³/mol. The molecule has 0 aromatic heterocycles. The van der Waals surface area contributed by atoms with Crippen molar-refractivity contribution in [1.82, 2.24) is 0 Å². The van der Waals surface area contributed by atoms with Gasteiger partial charge in [0, 0.05) is 0 Å². The molecule has 0 aliphatic heterocycles. The Labute approximate surface area is 171 Å². The van der Waals surface area contributed by atoms with Gasteiger partial charge in [-0.25, -0.2) is 0 Å².